The summed E-state index contributed by atoms with van der Waals surface area (Å²) in [6, 6.07) is 6.84. The van der Waals surface area contributed by atoms with Crippen molar-refractivity contribution >= 4 is 26.0 Å². The molecule has 0 bridgehead atoms. The Bertz CT molecular complexity index is 506. The van der Waals surface area contributed by atoms with Crippen molar-refractivity contribution in [1.82, 2.24) is 4.31 Å². The number of hydrogen-bond donors (Lipinski definition) is 0. The zero-order valence-electron chi connectivity index (χ0n) is 10.6. The van der Waals surface area contributed by atoms with Crippen molar-refractivity contribution < 1.29 is 8.42 Å². The zero-order valence-corrected chi connectivity index (χ0v) is 13.0. The number of hydrogen-bond acceptors (Lipinski definition) is 2. The Morgan fingerprint density at radius 3 is 2.28 bits per heavy atom. The summed E-state index contributed by atoms with van der Waals surface area (Å²) in [4.78, 5) is 0.375. The largest absolute Gasteiger partial charge is 0.243 e. The fourth-order valence-electron chi connectivity index (χ4n) is 1.88. The molecule has 100 valence electrons. The van der Waals surface area contributed by atoms with E-state index in [1.165, 1.54) is 0 Å². The molecule has 3 nitrogen and oxygen atoms in total. The van der Waals surface area contributed by atoms with Crippen molar-refractivity contribution in [2.24, 2.45) is 5.92 Å². The van der Waals surface area contributed by atoms with E-state index in [2.05, 4.69) is 15.9 Å². The third kappa shape index (κ3) is 3.13. The molecule has 18 heavy (non-hydrogen) atoms. The Kier molecular flexibility index (Phi) is 4.14. The minimum Gasteiger partial charge on any atom is -0.207 e. The van der Waals surface area contributed by atoms with Gasteiger partial charge in [-0.25, -0.2) is 8.42 Å². The molecule has 0 spiro atoms. The van der Waals surface area contributed by atoms with E-state index in [4.69, 9.17) is 0 Å². The van der Waals surface area contributed by atoms with E-state index in [9.17, 15) is 8.42 Å². The molecule has 1 aromatic carbocycles. The lowest BCUT2D eigenvalue weighted by molar-refractivity contribution is 0.342. The third-order valence-electron chi connectivity index (χ3n) is 3.13. The maximum Gasteiger partial charge on any atom is 0.243 e. The molecule has 0 aromatic heterocycles. The highest BCUT2D eigenvalue weighted by molar-refractivity contribution is 9.10. The smallest absolute Gasteiger partial charge is 0.207 e. The topological polar surface area (TPSA) is 37.4 Å². The van der Waals surface area contributed by atoms with Gasteiger partial charge < -0.3 is 0 Å². The molecule has 0 atom stereocenters. The van der Waals surface area contributed by atoms with Crippen molar-refractivity contribution in [1.29, 1.82) is 0 Å². The average molecular weight is 332 g/mol. The Hall–Kier alpha value is -0.390. The molecule has 5 heteroatoms. The minimum absolute atomic E-state index is 0.000697. The van der Waals surface area contributed by atoms with Crippen LogP contribution in [0.3, 0.4) is 0 Å². The SMILES string of the molecule is CC(C)N(CC1CC1)S(=O)(=O)c1ccc(Br)cc1. The van der Waals surface area contributed by atoms with Crippen LogP contribution in [-0.2, 0) is 10.0 Å². The van der Waals surface area contributed by atoms with E-state index in [0.29, 0.717) is 17.4 Å². The number of halogens is 1. The van der Waals surface area contributed by atoms with Crippen LogP contribution >= 0.6 is 15.9 Å². The molecule has 0 N–H and O–H groups in total. The van der Waals surface area contributed by atoms with Crippen LogP contribution in [0.1, 0.15) is 26.7 Å². The Labute approximate surface area is 117 Å². The molecule has 2 rings (SSSR count). The van der Waals surface area contributed by atoms with E-state index in [-0.39, 0.29) is 6.04 Å². The van der Waals surface area contributed by atoms with E-state index in [1.54, 1.807) is 28.6 Å². The first kappa shape index (κ1) is 14.0. The Morgan fingerprint density at radius 1 is 1.28 bits per heavy atom. The van der Waals surface area contributed by atoms with Crippen molar-refractivity contribution in [3.8, 4) is 0 Å². The quantitative estimate of drug-likeness (QED) is 0.830. The molecule has 0 unspecified atom stereocenters. The van der Waals surface area contributed by atoms with Gasteiger partial charge in [0.05, 0.1) is 4.90 Å². The van der Waals surface area contributed by atoms with Crippen LogP contribution in [0.15, 0.2) is 33.6 Å². The van der Waals surface area contributed by atoms with E-state index < -0.39 is 10.0 Å². The fraction of sp³-hybridized carbons (Fsp3) is 0.538. The van der Waals surface area contributed by atoms with Gasteiger partial charge in [0.15, 0.2) is 0 Å². The van der Waals surface area contributed by atoms with Crippen LogP contribution in [0.2, 0.25) is 0 Å². The molecule has 0 saturated heterocycles. The first-order valence-electron chi connectivity index (χ1n) is 6.18. The van der Waals surface area contributed by atoms with Gasteiger partial charge >= 0.3 is 0 Å². The Balaban J connectivity index is 2.28. The van der Waals surface area contributed by atoms with E-state index in [0.717, 1.165) is 17.3 Å². The molecular formula is C13H18BrNO2S. The molecule has 1 aromatic rings. The highest BCUT2D eigenvalue weighted by Gasteiger charge is 2.33. The van der Waals surface area contributed by atoms with Gasteiger partial charge in [-0.2, -0.15) is 4.31 Å². The first-order valence-corrected chi connectivity index (χ1v) is 8.42. The summed E-state index contributed by atoms with van der Waals surface area (Å²) in [5.74, 6) is 0.553. The number of benzene rings is 1. The first-order chi connectivity index (χ1) is 8.41. The fourth-order valence-corrected chi connectivity index (χ4v) is 3.86. The highest BCUT2D eigenvalue weighted by atomic mass is 79.9. The summed E-state index contributed by atoms with van der Waals surface area (Å²) >= 11 is 3.32. The second-order valence-corrected chi connectivity index (χ2v) is 7.87. The highest BCUT2D eigenvalue weighted by Crippen LogP contribution is 2.32. The summed E-state index contributed by atoms with van der Waals surface area (Å²) in [5.41, 5.74) is 0. The minimum atomic E-state index is -3.36. The van der Waals surface area contributed by atoms with Crippen LogP contribution in [0.5, 0.6) is 0 Å². The molecule has 1 fully saturated rings. The Morgan fingerprint density at radius 2 is 1.83 bits per heavy atom. The zero-order chi connectivity index (χ0) is 13.3. The van der Waals surface area contributed by atoms with Crippen LogP contribution in [-0.4, -0.2) is 25.3 Å². The molecule has 0 aliphatic heterocycles. The van der Waals surface area contributed by atoms with Crippen molar-refractivity contribution in [3.63, 3.8) is 0 Å². The lowest BCUT2D eigenvalue weighted by atomic mass is 10.3. The van der Waals surface area contributed by atoms with Gasteiger partial charge in [-0.05, 0) is 56.9 Å². The van der Waals surface area contributed by atoms with Crippen LogP contribution in [0, 0.1) is 5.92 Å². The van der Waals surface area contributed by atoms with E-state index in [1.807, 2.05) is 13.8 Å². The van der Waals surface area contributed by atoms with E-state index >= 15 is 0 Å². The van der Waals surface area contributed by atoms with Gasteiger partial charge in [0.2, 0.25) is 10.0 Å². The van der Waals surface area contributed by atoms with Gasteiger partial charge in [0, 0.05) is 17.1 Å². The van der Waals surface area contributed by atoms with Gasteiger partial charge in [-0.3, -0.25) is 0 Å². The van der Waals surface area contributed by atoms with Crippen molar-refractivity contribution in [2.45, 2.75) is 37.6 Å². The number of rotatable bonds is 5. The molecule has 0 heterocycles. The van der Waals surface area contributed by atoms with Gasteiger partial charge in [-0.1, -0.05) is 15.9 Å². The second kappa shape index (κ2) is 5.31. The lowest BCUT2D eigenvalue weighted by Crippen LogP contribution is -2.38. The molecule has 0 radical (unpaired) electrons. The average Bonchev–Trinajstić information content (AvgIpc) is 3.09. The van der Waals surface area contributed by atoms with Gasteiger partial charge in [-0.15, -0.1) is 0 Å². The maximum absolute atomic E-state index is 12.6. The van der Waals surface area contributed by atoms with Crippen LogP contribution in [0.4, 0.5) is 0 Å². The summed E-state index contributed by atoms with van der Waals surface area (Å²) in [6.45, 7) is 4.51. The predicted molar refractivity (Wildman–Crippen MR) is 75.9 cm³/mol. The molecule has 0 amide bonds. The molecule has 1 saturated carbocycles. The number of nitrogens with zero attached hydrogens (tertiary/aromatic N) is 1. The standard InChI is InChI=1S/C13H18BrNO2S/c1-10(2)15(9-11-3-4-11)18(16,17)13-7-5-12(14)6-8-13/h5-8,10-11H,3-4,9H2,1-2H3. The van der Waals surface area contributed by atoms with Gasteiger partial charge in [0.25, 0.3) is 0 Å². The molecular weight excluding hydrogens is 314 g/mol. The summed E-state index contributed by atoms with van der Waals surface area (Å²) in [5, 5.41) is 0. The van der Waals surface area contributed by atoms with Crippen LogP contribution in [0.25, 0.3) is 0 Å². The monoisotopic (exact) mass is 331 g/mol. The summed E-state index contributed by atoms with van der Waals surface area (Å²) in [6.07, 6.45) is 2.30. The predicted octanol–water partition coefficient (Wildman–Crippen LogP) is 3.26. The summed E-state index contributed by atoms with van der Waals surface area (Å²) in [7, 11) is -3.36. The lowest BCUT2D eigenvalue weighted by Gasteiger charge is -2.25. The molecule has 1 aliphatic rings. The van der Waals surface area contributed by atoms with Crippen LogP contribution < -0.4 is 0 Å². The summed E-state index contributed by atoms with van der Waals surface area (Å²) < 4.78 is 27.6. The third-order valence-corrected chi connectivity index (χ3v) is 5.72. The molecule has 1 aliphatic carbocycles. The second-order valence-electron chi connectivity index (χ2n) is 5.07. The maximum atomic E-state index is 12.6. The normalized spacial score (nSPS) is 16.5. The number of sulfonamides is 1. The van der Waals surface area contributed by atoms with Crippen molar-refractivity contribution in [3.05, 3.63) is 28.7 Å². The van der Waals surface area contributed by atoms with Crippen molar-refractivity contribution in [2.75, 3.05) is 6.54 Å². The van der Waals surface area contributed by atoms with Gasteiger partial charge in [0.1, 0.15) is 0 Å².